The third-order valence-corrected chi connectivity index (χ3v) is 4.18. The molecule has 4 nitrogen and oxygen atoms in total. The van der Waals surface area contributed by atoms with Crippen LogP contribution in [0.1, 0.15) is 27.5 Å². The Morgan fingerprint density at radius 1 is 0.857 bits per heavy atom. The Morgan fingerprint density at radius 2 is 1.54 bits per heavy atom. The van der Waals surface area contributed by atoms with Crippen molar-refractivity contribution in [3.05, 3.63) is 95.6 Å². The standard InChI is InChI=1S/C22H19F2NO3/c1-27-18-12-10-16(11-13-18)20(15-6-3-2-4-7-15)25-21(26)17-8-5-9-19(14-17)28-22(23)24/h2-14,20,22H,1H3,(H,25,26)/t20-/m1/s1. The van der Waals surface area contributed by atoms with E-state index < -0.39 is 18.6 Å². The first kappa shape index (κ1) is 19.4. The van der Waals surface area contributed by atoms with Crippen LogP contribution in [0.15, 0.2) is 78.9 Å². The third-order valence-electron chi connectivity index (χ3n) is 4.18. The van der Waals surface area contributed by atoms with Crippen LogP contribution in [0, 0.1) is 0 Å². The van der Waals surface area contributed by atoms with E-state index >= 15 is 0 Å². The Balaban J connectivity index is 1.88. The summed E-state index contributed by atoms with van der Waals surface area (Å²) in [5.41, 5.74) is 1.98. The molecular formula is C22H19F2NO3. The van der Waals surface area contributed by atoms with Crippen LogP contribution in [0.4, 0.5) is 8.78 Å². The highest BCUT2D eigenvalue weighted by Gasteiger charge is 2.18. The lowest BCUT2D eigenvalue weighted by Gasteiger charge is -2.20. The molecule has 3 aromatic rings. The second-order valence-electron chi connectivity index (χ2n) is 6.00. The lowest BCUT2D eigenvalue weighted by molar-refractivity contribution is -0.0498. The Morgan fingerprint density at radius 3 is 2.18 bits per heavy atom. The Labute approximate surface area is 161 Å². The van der Waals surface area contributed by atoms with E-state index in [1.807, 2.05) is 54.6 Å². The summed E-state index contributed by atoms with van der Waals surface area (Å²) in [5.74, 6) is 0.242. The molecule has 0 aromatic heterocycles. The molecule has 0 heterocycles. The van der Waals surface area contributed by atoms with Crippen LogP contribution < -0.4 is 14.8 Å². The first-order valence-electron chi connectivity index (χ1n) is 8.61. The van der Waals surface area contributed by atoms with Gasteiger partial charge in [0.05, 0.1) is 13.2 Å². The molecule has 0 aliphatic rings. The number of ether oxygens (including phenoxy) is 2. The van der Waals surface area contributed by atoms with Gasteiger partial charge in [-0.15, -0.1) is 0 Å². The Kier molecular flexibility index (Phi) is 6.22. The molecule has 144 valence electrons. The molecule has 0 aliphatic heterocycles. The summed E-state index contributed by atoms with van der Waals surface area (Å²) >= 11 is 0. The fourth-order valence-corrected chi connectivity index (χ4v) is 2.83. The highest BCUT2D eigenvalue weighted by Crippen LogP contribution is 2.25. The zero-order valence-corrected chi connectivity index (χ0v) is 15.1. The first-order valence-corrected chi connectivity index (χ1v) is 8.61. The molecule has 0 saturated carbocycles. The summed E-state index contributed by atoms with van der Waals surface area (Å²) in [6.07, 6.45) is 0. The molecule has 0 radical (unpaired) electrons. The number of benzene rings is 3. The molecule has 0 unspecified atom stereocenters. The average molecular weight is 383 g/mol. The molecule has 1 atom stereocenters. The molecule has 1 N–H and O–H groups in total. The van der Waals surface area contributed by atoms with Crippen LogP contribution in [0.2, 0.25) is 0 Å². The van der Waals surface area contributed by atoms with Gasteiger partial charge in [-0.2, -0.15) is 8.78 Å². The zero-order chi connectivity index (χ0) is 19.9. The van der Waals surface area contributed by atoms with E-state index in [1.54, 1.807) is 13.2 Å². The number of alkyl halides is 2. The van der Waals surface area contributed by atoms with Gasteiger partial charge in [-0.05, 0) is 41.5 Å². The Hall–Kier alpha value is -3.41. The largest absolute Gasteiger partial charge is 0.497 e. The molecule has 1 amide bonds. The van der Waals surface area contributed by atoms with Crippen molar-refractivity contribution < 1.29 is 23.0 Å². The fraction of sp³-hybridized carbons (Fsp3) is 0.136. The number of carbonyl (C=O) groups excluding carboxylic acids is 1. The lowest BCUT2D eigenvalue weighted by Crippen LogP contribution is -2.29. The number of methoxy groups -OCH3 is 1. The maximum atomic E-state index is 12.8. The topological polar surface area (TPSA) is 47.6 Å². The number of hydrogen-bond acceptors (Lipinski definition) is 3. The van der Waals surface area contributed by atoms with Crippen molar-refractivity contribution in [1.82, 2.24) is 5.32 Å². The predicted molar refractivity (Wildman–Crippen MR) is 102 cm³/mol. The van der Waals surface area contributed by atoms with Crippen LogP contribution in [-0.4, -0.2) is 19.6 Å². The van der Waals surface area contributed by atoms with Gasteiger partial charge in [0.15, 0.2) is 0 Å². The van der Waals surface area contributed by atoms with Gasteiger partial charge in [0.25, 0.3) is 5.91 Å². The van der Waals surface area contributed by atoms with Crippen LogP contribution in [0.5, 0.6) is 11.5 Å². The van der Waals surface area contributed by atoms with Gasteiger partial charge >= 0.3 is 6.61 Å². The molecule has 3 aromatic carbocycles. The van der Waals surface area contributed by atoms with Crippen LogP contribution >= 0.6 is 0 Å². The number of hydrogen-bond donors (Lipinski definition) is 1. The fourth-order valence-electron chi connectivity index (χ4n) is 2.83. The van der Waals surface area contributed by atoms with Crippen LogP contribution in [-0.2, 0) is 0 Å². The van der Waals surface area contributed by atoms with Crippen molar-refractivity contribution in [3.8, 4) is 11.5 Å². The lowest BCUT2D eigenvalue weighted by atomic mass is 9.98. The summed E-state index contributed by atoms with van der Waals surface area (Å²) in [4.78, 5) is 12.8. The van der Waals surface area contributed by atoms with Crippen molar-refractivity contribution in [2.24, 2.45) is 0 Å². The van der Waals surface area contributed by atoms with E-state index in [-0.39, 0.29) is 11.3 Å². The maximum Gasteiger partial charge on any atom is 0.387 e. The van der Waals surface area contributed by atoms with Gasteiger partial charge in [0.1, 0.15) is 11.5 Å². The minimum Gasteiger partial charge on any atom is -0.497 e. The van der Waals surface area contributed by atoms with Crippen molar-refractivity contribution in [3.63, 3.8) is 0 Å². The third kappa shape index (κ3) is 4.85. The number of carbonyl (C=O) groups is 1. The summed E-state index contributed by atoms with van der Waals surface area (Å²) in [5, 5.41) is 2.96. The minimum atomic E-state index is -2.95. The normalized spacial score (nSPS) is 11.7. The van der Waals surface area contributed by atoms with Crippen molar-refractivity contribution in [2.45, 2.75) is 12.7 Å². The molecule has 0 fully saturated rings. The van der Waals surface area contributed by atoms with Gasteiger partial charge < -0.3 is 14.8 Å². The molecule has 0 saturated heterocycles. The van der Waals surface area contributed by atoms with Gasteiger partial charge in [-0.3, -0.25) is 4.79 Å². The molecule has 6 heteroatoms. The monoisotopic (exact) mass is 383 g/mol. The second-order valence-corrected chi connectivity index (χ2v) is 6.00. The van der Waals surface area contributed by atoms with E-state index in [0.29, 0.717) is 5.75 Å². The highest BCUT2D eigenvalue weighted by atomic mass is 19.3. The summed E-state index contributed by atoms with van der Waals surface area (Å²) in [6.45, 7) is -2.95. The molecular weight excluding hydrogens is 364 g/mol. The minimum absolute atomic E-state index is 0.0663. The molecule has 28 heavy (non-hydrogen) atoms. The summed E-state index contributed by atoms with van der Waals surface area (Å²) < 4.78 is 34.4. The van der Waals surface area contributed by atoms with Gasteiger partial charge in [-0.1, -0.05) is 48.5 Å². The van der Waals surface area contributed by atoms with E-state index in [0.717, 1.165) is 11.1 Å². The van der Waals surface area contributed by atoms with E-state index in [4.69, 9.17) is 4.74 Å². The smallest absolute Gasteiger partial charge is 0.387 e. The van der Waals surface area contributed by atoms with Crippen LogP contribution in [0.3, 0.4) is 0 Å². The number of rotatable bonds is 7. The Bertz CT molecular complexity index is 915. The summed E-state index contributed by atoms with van der Waals surface area (Å²) in [6, 6.07) is 22.1. The van der Waals surface area contributed by atoms with E-state index in [2.05, 4.69) is 10.1 Å². The maximum absolute atomic E-state index is 12.8. The highest BCUT2D eigenvalue weighted by molar-refractivity contribution is 5.95. The zero-order valence-electron chi connectivity index (χ0n) is 15.1. The van der Waals surface area contributed by atoms with Crippen molar-refractivity contribution in [1.29, 1.82) is 0 Å². The van der Waals surface area contributed by atoms with Crippen molar-refractivity contribution in [2.75, 3.05) is 7.11 Å². The SMILES string of the molecule is COc1ccc([C@H](NC(=O)c2cccc(OC(F)F)c2)c2ccccc2)cc1. The number of amides is 1. The van der Waals surface area contributed by atoms with Crippen LogP contribution in [0.25, 0.3) is 0 Å². The second kappa shape index (κ2) is 8.99. The summed E-state index contributed by atoms with van der Waals surface area (Å²) in [7, 11) is 1.58. The van der Waals surface area contributed by atoms with E-state index in [1.165, 1.54) is 18.2 Å². The average Bonchev–Trinajstić information content (AvgIpc) is 2.72. The number of nitrogens with one attached hydrogen (secondary N) is 1. The molecule has 0 bridgehead atoms. The number of halogens is 2. The van der Waals surface area contributed by atoms with Gasteiger partial charge in [0.2, 0.25) is 0 Å². The molecule has 0 spiro atoms. The predicted octanol–water partition coefficient (Wildman–Crippen LogP) is 4.82. The van der Waals surface area contributed by atoms with E-state index in [9.17, 15) is 13.6 Å². The van der Waals surface area contributed by atoms with Gasteiger partial charge in [-0.25, -0.2) is 0 Å². The first-order chi connectivity index (χ1) is 13.6. The molecule has 0 aliphatic carbocycles. The quantitative estimate of drug-likeness (QED) is 0.637. The van der Waals surface area contributed by atoms with Gasteiger partial charge in [0, 0.05) is 5.56 Å². The van der Waals surface area contributed by atoms with Crippen molar-refractivity contribution >= 4 is 5.91 Å². The molecule has 3 rings (SSSR count).